The minimum atomic E-state index is -0.110. The average Bonchev–Trinajstić information content (AvgIpc) is 2.74. The number of pyridine rings is 2. The second-order valence-electron chi connectivity index (χ2n) is 6.54. The Morgan fingerprint density at radius 1 is 0.966 bits per heavy atom. The van der Waals surface area contributed by atoms with Crippen molar-refractivity contribution in [3.05, 3.63) is 72.7 Å². The predicted molar refractivity (Wildman–Crippen MR) is 113 cm³/mol. The van der Waals surface area contributed by atoms with E-state index in [1.165, 1.54) is 0 Å². The van der Waals surface area contributed by atoms with Crippen LogP contribution in [0.4, 0.5) is 11.6 Å². The highest BCUT2D eigenvalue weighted by Crippen LogP contribution is 2.24. The normalized spacial score (nSPS) is 10.7. The van der Waals surface area contributed by atoms with Gasteiger partial charge in [0.05, 0.1) is 5.52 Å². The zero-order valence-electron chi connectivity index (χ0n) is 16.0. The lowest BCUT2D eigenvalue weighted by atomic mass is 10.2. The Morgan fingerprint density at radius 3 is 2.69 bits per heavy atom. The standard InChI is InChI=1S/C22H20N6O/c1-15-6-4-10-19(25-15)27-20(29)11-13-24-22-17-8-2-3-9-18(17)26-21(28-22)16-7-5-12-23-14-16/h2-10,12,14H,11,13H2,1H3,(H,24,26,28)(H,25,27,29). The van der Waals surface area contributed by atoms with Gasteiger partial charge in [-0.15, -0.1) is 0 Å². The van der Waals surface area contributed by atoms with Crippen molar-refractivity contribution < 1.29 is 4.79 Å². The maximum atomic E-state index is 12.2. The third-order valence-corrected chi connectivity index (χ3v) is 4.32. The first-order valence-corrected chi connectivity index (χ1v) is 9.33. The minimum Gasteiger partial charge on any atom is -0.369 e. The van der Waals surface area contributed by atoms with Gasteiger partial charge in [-0.05, 0) is 43.3 Å². The summed E-state index contributed by atoms with van der Waals surface area (Å²) in [5, 5.41) is 6.99. The van der Waals surface area contributed by atoms with Crippen LogP contribution in [0.15, 0.2) is 67.0 Å². The van der Waals surface area contributed by atoms with E-state index in [-0.39, 0.29) is 12.3 Å². The number of nitrogens with zero attached hydrogens (tertiary/aromatic N) is 4. The fourth-order valence-electron chi connectivity index (χ4n) is 2.95. The van der Waals surface area contributed by atoms with Crippen LogP contribution in [0.1, 0.15) is 12.1 Å². The molecule has 0 saturated carbocycles. The van der Waals surface area contributed by atoms with Crippen molar-refractivity contribution >= 4 is 28.4 Å². The van der Waals surface area contributed by atoms with Crippen molar-refractivity contribution in [2.45, 2.75) is 13.3 Å². The number of nitrogens with one attached hydrogen (secondary N) is 2. The van der Waals surface area contributed by atoms with E-state index in [1.54, 1.807) is 18.5 Å². The maximum Gasteiger partial charge on any atom is 0.227 e. The summed E-state index contributed by atoms with van der Waals surface area (Å²) in [5.41, 5.74) is 2.53. The fraction of sp³-hybridized carbons (Fsp3) is 0.136. The summed E-state index contributed by atoms with van der Waals surface area (Å²) in [7, 11) is 0. The van der Waals surface area contributed by atoms with Crippen molar-refractivity contribution in [1.82, 2.24) is 19.9 Å². The molecule has 0 aliphatic carbocycles. The summed E-state index contributed by atoms with van der Waals surface area (Å²) in [6.45, 7) is 2.32. The number of aromatic nitrogens is 4. The number of hydrogen-bond donors (Lipinski definition) is 2. The predicted octanol–water partition coefficient (Wildman–Crippen LogP) is 3.84. The van der Waals surface area contributed by atoms with Crippen LogP contribution in [0, 0.1) is 6.92 Å². The second kappa shape index (κ2) is 8.43. The molecule has 3 heterocycles. The fourth-order valence-corrected chi connectivity index (χ4v) is 2.95. The van der Waals surface area contributed by atoms with Gasteiger partial charge in [-0.1, -0.05) is 18.2 Å². The Balaban J connectivity index is 1.49. The summed E-state index contributed by atoms with van der Waals surface area (Å²) >= 11 is 0. The van der Waals surface area contributed by atoms with Gasteiger partial charge in [0.25, 0.3) is 0 Å². The summed E-state index contributed by atoms with van der Waals surface area (Å²) in [5.74, 6) is 1.73. The van der Waals surface area contributed by atoms with Crippen LogP contribution in [0.5, 0.6) is 0 Å². The average molecular weight is 384 g/mol. The van der Waals surface area contributed by atoms with Crippen LogP contribution in [0.2, 0.25) is 0 Å². The van der Waals surface area contributed by atoms with Gasteiger partial charge in [-0.2, -0.15) is 0 Å². The first-order valence-electron chi connectivity index (χ1n) is 9.33. The van der Waals surface area contributed by atoms with E-state index in [0.717, 1.165) is 22.2 Å². The molecule has 7 heteroatoms. The topological polar surface area (TPSA) is 92.7 Å². The highest BCUT2D eigenvalue weighted by Gasteiger charge is 2.10. The monoisotopic (exact) mass is 384 g/mol. The quantitative estimate of drug-likeness (QED) is 0.525. The molecule has 0 aliphatic rings. The Hall–Kier alpha value is -3.87. The molecule has 1 amide bonds. The number of anilines is 2. The molecule has 2 N–H and O–H groups in total. The van der Waals surface area contributed by atoms with Gasteiger partial charge in [0.2, 0.25) is 5.91 Å². The summed E-state index contributed by atoms with van der Waals surface area (Å²) in [6.07, 6.45) is 3.73. The van der Waals surface area contributed by atoms with Gasteiger partial charge in [0.15, 0.2) is 5.82 Å². The van der Waals surface area contributed by atoms with E-state index in [0.29, 0.717) is 24.0 Å². The summed E-state index contributed by atoms with van der Waals surface area (Å²) in [6, 6.07) is 17.1. The molecule has 0 unspecified atom stereocenters. The Bertz CT molecular complexity index is 1150. The number of rotatable bonds is 6. The maximum absolute atomic E-state index is 12.2. The van der Waals surface area contributed by atoms with Crippen LogP contribution >= 0.6 is 0 Å². The van der Waals surface area contributed by atoms with Gasteiger partial charge < -0.3 is 10.6 Å². The van der Waals surface area contributed by atoms with E-state index in [2.05, 4.69) is 30.6 Å². The molecule has 29 heavy (non-hydrogen) atoms. The first-order chi connectivity index (χ1) is 14.2. The summed E-state index contributed by atoms with van der Waals surface area (Å²) in [4.78, 5) is 30.0. The lowest BCUT2D eigenvalue weighted by Crippen LogP contribution is -2.17. The van der Waals surface area contributed by atoms with Crippen LogP contribution in [-0.4, -0.2) is 32.4 Å². The van der Waals surface area contributed by atoms with E-state index < -0.39 is 0 Å². The van der Waals surface area contributed by atoms with Gasteiger partial charge in [-0.25, -0.2) is 15.0 Å². The highest BCUT2D eigenvalue weighted by molar-refractivity contribution is 5.92. The zero-order chi connectivity index (χ0) is 20.1. The van der Waals surface area contributed by atoms with E-state index in [1.807, 2.05) is 55.5 Å². The molecule has 0 atom stereocenters. The number of amides is 1. The molecule has 0 saturated heterocycles. The molecule has 0 aliphatic heterocycles. The first kappa shape index (κ1) is 18.5. The number of para-hydroxylation sites is 1. The van der Waals surface area contributed by atoms with Gasteiger partial charge in [0.1, 0.15) is 11.6 Å². The molecule has 0 spiro atoms. The van der Waals surface area contributed by atoms with Crippen LogP contribution < -0.4 is 10.6 Å². The minimum absolute atomic E-state index is 0.110. The number of hydrogen-bond acceptors (Lipinski definition) is 6. The third-order valence-electron chi connectivity index (χ3n) is 4.32. The van der Waals surface area contributed by atoms with Crippen molar-refractivity contribution in [1.29, 1.82) is 0 Å². The van der Waals surface area contributed by atoms with E-state index >= 15 is 0 Å². The summed E-state index contributed by atoms with van der Waals surface area (Å²) < 4.78 is 0. The van der Waals surface area contributed by atoms with Crippen LogP contribution in [0.3, 0.4) is 0 Å². The van der Waals surface area contributed by atoms with Crippen molar-refractivity contribution in [2.75, 3.05) is 17.2 Å². The highest BCUT2D eigenvalue weighted by atomic mass is 16.1. The van der Waals surface area contributed by atoms with E-state index in [9.17, 15) is 4.79 Å². The number of benzene rings is 1. The van der Waals surface area contributed by atoms with Crippen LogP contribution in [0.25, 0.3) is 22.3 Å². The molecule has 3 aromatic heterocycles. The molecule has 4 rings (SSSR count). The van der Waals surface area contributed by atoms with Crippen molar-refractivity contribution in [2.24, 2.45) is 0 Å². The lowest BCUT2D eigenvalue weighted by molar-refractivity contribution is -0.116. The number of carbonyl (C=O) groups is 1. The molecule has 0 radical (unpaired) electrons. The molecule has 7 nitrogen and oxygen atoms in total. The molecular weight excluding hydrogens is 364 g/mol. The largest absolute Gasteiger partial charge is 0.369 e. The molecule has 0 bridgehead atoms. The number of carbonyl (C=O) groups excluding carboxylic acids is 1. The molecule has 1 aromatic carbocycles. The second-order valence-corrected chi connectivity index (χ2v) is 6.54. The number of fused-ring (bicyclic) bond motifs is 1. The van der Waals surface area contributed by atoms with Gasteiger partial charge in [-0.3, -0.25) is 9.78 Å². The zero-order valence-corrected chi connectivity index (χ0v) is 16.0. The SMILES string of the molecule is Cc1cccc(NC(=O)CCNc2nc(-c3cccnc3)nc3ccccc23)n1. The lowest BCUT2D eigenvalue weighted by Gasteiger charge is -2.11. The van der Waals surface area contributed by atoms with Gasteiger partial charge in [0, 0.05) is 42.0 Å². The number of aryl methyl sites for hydroxylation is 1. The molecular formula is C22H20N6O. The Labute approximate surface area is 168 Å². The molecule has 0 fully saturated rings. The van der Waals surface area contributed by atoms with Crippen molar-refractivity contribution in [3.63, 3.8) is 0 Å². The van der Waals surface area contributed by atoms with Crippen LogP contribution in [-0.2, 0) is 4.79 Å². The molecule has 144 valence electrons. The van der Waals surface area contributed by atoms with Crippen molar-refractivity contribution in [3.8, 4) is 11.4 Å². The van der Waals surface area contributed by atoms with Gasteiger partial charge >= 0.3 is 0 Å². The Kier molecular flexibility index (Phi) is 5.38. The third kappa shape index (κ3) is 4.52. The molecule has 4 aromatic rings. The smallest absolute Gasteiger partial charge is 0.227 e. The Morgan fingerprint density at radius 2 is 1.86 bits per heavy atom. The van der Waals surface area contributed by atoms with E-state index in [4.69, 9.17) is 0 Å².